The summed E-state index contributed by atoms with van der Waals surface area (Å²) in [6.45, 7) is 0. The minimum absolute atomic E-state index is 0.0168. The molecule has 1 atom stereocenters. The number of Topliss-reactive ketones (excluding diaryl/α,β-unsaturated/α-hetero) is 1. The number of benzene rings is 2. The summed E-state index contributed by atoms with van der Waals surface area (Å²) in [5.74, 6) is 0.655. The zero-order valence-electron chi connectivity index (χ0n) is 13.2. The summed E-state index contributed by atoms with van der Waals surface area (Å²) in [5, 5.41) is 0.611. The number of ketones is 1. The van der Waals surface area contributed by atoms with Gasteiger partial charge in [-0.1, -0.05) is 53.5 Å². The molecular formula is C20H16Cl2O2. The van der Waals surface area contributed by atoms with E-state index in [1.807, 2.05) is 24.3 Å². The number of carbonyl (C=O) groups excluding carboxylic acids is 1. The van der Waals surface area contributed by atoms with E-state index in [0.29, 0.717) is 21.4 Å². The van der Waals surface area contributed by atoms with Crippen LogP contribution >= 0.6 is 23.2 Å². The lowest BCUT2D eigenvalue weighted by atomic mass is 9.79. The molecule has 0 N–H and O–H groups in total. The van der Waals surface area contributed by atoms with Crippen LogP contribution in [0.25, 0.3) is 5.57 Å². The average Bonchev–Trinajstić information content (AvgIpc) is 2.91. The number of halogens is 2. The Morgan fingerprint density at radius 3 is 2.58 bits per heavy atom. The van der Waals surface area contributed by atoms with Crippen molar-refractivity contribution in [3.8, 4) is 5.75 Å². The summed E-state index contributed by atoms with van der Waals surface area (Å²) in [5.41, 5.74) is 4.60. The Kier molecular flexibility index (Phi) is 3.90. The van der Waals surface area contributed by atoms with Crippen LogP contribution in [0.4, 0.5) is 0 Å². The van der Waals surface area contributed by atoms with Crippen LogP contribution in [-0.2, 0) is 0 Å². The molecule has 0 spiro atoms. The molecule has 0 unspecified atom stereocenters. The van der Waals surface area contributed by atoms with Crippen molar-refractivity contribution in [2.24, 2.45) is 0 Å². The predicted octanol–water partition coefficient (Wildman–Crippen LogP) is 5.92. The summed E-state index contributed by atoms with van der Waals surface area (Å²) >= 11 is 12.7. The number of hydrogen-bond donors (Lipinski definition) is 0. The second-order valence-corrected chi connectivity index (χ2v) is 6.96. The Hall–Kier alpha value is -1.77. The van der Waals surface area contributed by atoms with E-state index in [2.05, 4.69) is 12.1 Å². The van der Waals surface area contributed by atoms with E-state index in [-0.39, 0.29) is 11.7 Å². The van der Waals surface area contributed by atoms with Crippen LogP contribution in [0.5, 0.6) is 5.75 Å². The number of ether oxygens (including phenoxy) is 1. The van der Waals surface area contributed by atoms with Crippen LogP contribution in [0.3, 0.4) is 0 Å². The largest absolute Gasteiger partial charge is 0.495 e. The quantitative estimate of drug-likeness (QED) is 0.665. The van der Waals surface area contributed by atoms with Crippen LogP contribution in [0.2, 0.25) is 10.0 Å². The zero-order chi connectivity index (χ0) is 16.8. The van der Waals surface area contributed by atoms with Crippen molar-refractivity contribution in [1.29, 1.82) is 0 Å². The maximum Gasteiger partial charge on any atom is 0.192 e. The number of fused-ring (bicyclic) bond motifs is 2. The van der Waals surface area contributed by atoms with Crippen LogP contribution in [0.15, 0.2) is 42.0 Å². The third kappa shape index (κ3) is 2.21. The van der Waals surface area contributed by atoms with Gasteiger partial charge in [0.15, 0.2) is 5.78 Å². The van der Waals surface area contributed by atoms with E-state index in [0.717, 1.165) is 36.0 Å². The van der Waals surface area contributed by atoms with Gasteiger partial charge in [0.1, 0.15) is 10.8 Å². The van der Waals surface area contributed by atoms with E-state index in [1.54, 1.807) is 7.11 Å². The standard InChI is InChI=1S/C20H16Cl2O2/c1-24-15-10-14-13-9-5-8-12(11-6-3-2-4-7-11)16(13)20(23)17(14)19(22)18(15)21/h2-4,6-7,10,12H,5,8-9H2,1H3/t12-/m0/s1. The van der Waals surface area contributed by atoms with Crippen molar-refractivity contribution in [2.75, 3.05) is 7.11 Å². The summed E-state index contributed by atoms with van der Waals surface area (Å²) in [7, 11) is 1.56. The first-order valence-electron chi connectivity index (χ1n) is 8.02. The third-order valence-electron chi connectivity index (χ3n) is 4.99. The minimum Gasteiger partial charge on any atom is -0.495 e. The van der Waals surface area contributed by atoms with Crippen LogP contribution in [-0.4, -0.2) is 12.9 Å². The summed E-state index contributed by atoms with van der Waals surface area (Å²) < 4.78 is 5.33. The number of rotatable bonds is 2. The van der Waals surface area contributed by atoms with Crippen molar-refractivity contribution < 1.29 is 9.53 Å². The monoisotopic (exact) mass is 358 g/mol. The lowest BCUT2D eigenvalue weighted by Crippen LogP contribution is -2.13. The zero-order valence-corrected chi connectivity index (χ0v) is 14.7. The molecule has 0 bridgehead atoms. The molecule has 0 heterocycles. The van der Waals surface area contributed by atoms with Gasteiger partial charge in [-0.15, -0.1) is 0 Å². The van der Waals surface area contributed by atoms with Gasteiger partial charge < -0.3 is 4.74 Å². The molecule has 24 heavy (non-hydrogen) atoms. The topological polar surface area (TPSA) is 26.3 Å². The Bertz CT molecular complexity index is 869. The Morgan fingerprint density at radius 1 is 1.12 bits per heavy atom. The summed E-state index contributed by atoms with van der Waals surface area (Å²) in [6, 6.07) is 12.1. The summed E-state index contributed by atoms with van der Waals surface area (Å²) in [6.07, 6.45) is 2.91. The maximum absolute atomic E-state index is 13.1. The van der Waals surface area contributed by atoms with E-state index in [1.165, 1.54) is 5.56 Å². The molecule has 0 aliphatic heterocycles. The van der Waals surface area contributed by atoms with Crippen molar-refractivity contribution in [3.05, 3.63) is 68.7 Å². The van der Waals surface area contributed by atoms with Gasteiger partial charge in [-0.2, -0.15) is 0 Å². The van der Waals surface area contributed by atoms with Gasteiger partial charge in [-0.25, -0.2) is 0 Å². The second kappa shape index (κ2) is 5.94. The lowest BCUT2D eigenvalue weighted by Gasteiger charge is -2.24. The molecule has 0 saturated heterocycles. The van der Waals surface area contributed by atoms with Crippen molar-refractivity contribution in [3.63, 3.8) is 0 Å². The maximum atomic E-state index is 13.1. The van der Waals surface area contributed by atoms with Crippen LogP contribution in [0, 0.1) is 0 Å². The van der Waals surface area contributed by atoms with E-state index < -0.39 is 0 Å². The normalized spacial score (nSPS) is 19.3. The molecule has 0 radical (unpaired) electrons. The highest BCUT2D eigenvalue weighted by Gasteiger charge is 2.39. The van der Waals surface area contributed by atoms with Crippen molar-refractivity contribution in [2.45, 2.75) is 25.2 Å². The molecule has 0 amide bonds. The number of allylic oxidation sites excluding steroid dienone is 2. The van der Waals surface area contributed by atoms with Crippen molar-refractivity contribution >= 4 is 34.6 Å². The molecule has 2 aromatic rings. The minimum atomic E-state index is 0.0168. The third-order valence-corrected chi connectivity index (χ3v) is 5.84. The van der Waals surface area contributed by atoms with Gasteiger partial charge in [0.25, 0.3) is 0 Å². The van der Waals surface area contributed by atoms with Gasteiger partial charge in [0.05, 0.1) is 17.7 Å². The molecule has 122 valence electrons. The highest BCUT2D eigenvalue weighted by molar-refractivity contribution is 6.46. The molecule has 2 nitrogen and oxygen atoms in total. The number of hydrogen-bond acceptors (Lipinski definition) is 2. The van der Waals surface area contributed by atoms with Crippen LogP contribution < -0.4 is 4.74 Å². The Morgan fingerprint density at radius 2 is 1.88 bits per heavy atom. The van der Waals surface area contributed by atoms with Crippen LogP contribution in [0.1, 0.15) is 46.7 Å². The molecule has 2 aliphatic rings. The van der Waals surface area contributed by atoms with Gasteiger partial charge in [0, 0.05) is 11.5 Å². The molecule has 0 fully saturated rings. The fraction of sp³-hybridized carbons (Fsp3) is 0.250. The van der Waals surface area contributed by atoms with E-state index in [4.69, 9.17) is 27.9 Å². The van der Waals surface area contributed by atoms with Gasteiger partial charge in [-0.05, 0) is 42.0 Å². The number of methoxy groups -OCH3 is 1. The molecule has 0 saturated carbocycles. The molecule has 4 heteroatoms. The average molecular weight is 359 g/mol. The fourth-order valence-electron chi connectivity index (χ4n) is 3.91. The second-order valence-electron chi connectivity index (χ2n) is 6.21. The molecule has 2 aliphatic carbocycles. The summed E-state index contributed by atoms with van der Waals surface area (Å²) in [4.78, 5) is 13.1. The van der Waals surface area contributed by atoms with E-state index in [9.17, 15) is 4.79 Å². The SMILES string of the molecule is COc1cc2c(c(Cl)c1Cl)C(=O)C1=C2CCC[C@H]1c1ccccc1. The first kappa shape index (κ1) is 15.7. The number of carbonyl (C=O) groups is 1. The molecule has 4 rings (SSSR count). The van der Waals surface area contributed by atoms with Gasteiger partial charge >= 0.3 is 0 Å². The highest BCUT2D eigenvalue weighted by atomic mass is 35.5. The van der Waals surface area contributed by atoms with Gasteiger partial charge in [-0.3, -0.25) is 4.79 Å². The molecule has 2 aromatic carbocycles. The van der Waals surface area contributed by atoms with Crippen molar-refractivity contribution in [1.82, 2.24) is 0 Å². The fourth-order valence-corrected chi connectivity index (χ4v) is 4.42. The molecule has 0 aromatic heterocycles. The molecular weight excluding hydrogens is 343 g/mol. The van der Waals surface area contributed by atoms with E-state index >= 15 is 0 Å². The smallest absolute Gasteiger partial charge is 0.192 e. The predicted molar refractivity (Wildman–Crippen MR) is 97.3 cm³/mol. The Balaban J connectivity index is 1.91. The first-order valence-corrected chi connectivity index (χ1v) is 8.78. The highest BCUT2D eigenvalue weighted by Crippen LogP contribution is 2.52. The Labute approximate surface area is 151 Å². The first-order chi connectivity index (χ1) is 11.6. The lowest BCUT2D eigenvalue weighted by molar-refractivity contribution is 0.103. The van der Waals surface area contributed by atoms with Gasteiger partial charge in [0.2, 0.25) is 0 Å².